The first-order valence-electron chi connectivity index (χ1n) is 8.85. The van der Waals surface area contributed by atoms with Crippen molar-refractivity contribution in [2.24, 2.45) is 0 Å². The summed E-state index contributed by atoms with van der Waals surface area (Å²) < 4.78 is 0. The van der Waals surface area contributed by atoms with Crippen LogP contribution in [0.25, 0.3) is 5.57 Å². The summed E-state index contributed by atoms with van der Waals surface area (Å²) in [6, 6.07) is 9.62. The number of hydrogen-bond acceptors (Lipinski definition) is 4. The Morgan fingerprint density at radius 2 is 1.96 bits per heavy atom. The molecule has 1 aliphatic carbocycles. The molecule has 1 heterocycles. The van der Waals surface area contributed by atoms with Crippen molar-refractivity contribution in [2.75, 3.05) is 0 Å². The molecule has 25 heavy (non-hydrogen) atoms. The molecule has 2 unspecified atom stereocenters. The second kappa shape index (κ2) is 7.54. The van der Waals surface area contributed by atoms with Gasteiger partial charge in [0.25, 0.3) is 0 Å². The van der Waals surface area contributed by atoms with Crippen molar-refractivity contribution in [1.82, 2.24) is 4.98 Å². The first-order chi connectivity index (χ1) is 12.1. The third-order valence-corrected chi connectivity index (χ3v) is 5.76. The van der Waals surface area contributed by atoms with Gasteiger partial charge in [-0.3, -0.25) is 0 Å². The Hall–Kier alpha value is -1.91. The first-order valence-corrected chi connectivity index (χ1v) is 9.79. The molecule has 0 aliphatic heterocycles. The third-order valence-electron chi connectivity index (χ3n) is 5.17. The van der Waals surface area contributed by atoms with Crippen LogP contribution in [0, 0.1) is 0 Å². The zero-order valence-corrected chi connectivity index (χ0v) is 15.6. The van der Waals surface area contributed by atoms with Gasteiger partial charge in [-0.25, -0.2) is 4.98 Å². The minimum Gasteiger partial charge on any atom is -0.508 e. The molecule has 3 rings (SSSR count). The van der Waals surface area contributed by atoms with Gasteiger partial charge in [0.1, 0.15) is 5.76 Å². The molecule has 1 aromatic heterocycles. The summed E-state index contributed by atoms with van der Waals surface area (Å²) in [5.74, 6) is 0.165. The Morgan fingerprint density at radius 1 is 1.20 bits per heavy atom. The van der Waals surface area contributed by atoms with Crippen LogP contribution in [0.2, 0.25) is 0 Å². The Labute approximate surface area is 153 Å². The van der Waals surface area contributed by atoms with Gasteiger partial charge in [-0.1, -0.05) is 55.7 Å². The van der Waals surface area contributed by atoms with E-state index in [0.717, 1.165) is 42.5 Å². The van der Waals surface area contributed by atoms with Gasteiger partial charge in [0.15, 0.2) is 0 Å². The molecule has 0 bridgehead atoms. The molecular formula is C21H25NO2S. The van der Waals surface area contributed by atoms with Crippen LogP contribution < -0.4 is 0 Å². The number of hydrogen-bond donors (Lipinski definition) is 2. The van der Waals surface area contributed by atoms with E-state index in [0.29, 0.717) is 5.57 Å². The van der Waals surface area contributed by atoms with Crippen LogP contribution in [0.3, 0.4) is 0 Å². The van der Waals surface area contributed by atoms with Crippen molar-refractivity contribution >= 4 is 16.9 Å². The highest BCUT2D eigenvalue weighted by atomic mass is 32.1. The number of nitrogens with zero attached hydrogens (tertiary/aromatic N) is 1. The molecule has 0 fully saturated rings. The van der Waals surface area contributed by atoms with E-state index in [9.17, 15) is 10.2 Å². The Bertz CT molecular complexity index is 764. The normalized spacial score (nSPS) is 23.6. The van der Waals surface area contributed by atoms with E-state index in [1.165, 1.54) is 11.3 Å². The van der Waals surface area contributed by atoms with Crippen LogP contribution in [-0.4, -0.2) is 21.3 Å². The summed E-state index contributed by atoms with van der Waals surface area (Å²) in [5, 5.41) is 24.0. The Kier molecular flexibility index (Phi) is 5.40. The fourth-order valence-corrected chi connectivity index (χ4v) is 4.26. The van der Waals surface area contributed by atoms with Gasteiger partial charge in [-0.05, 0) is 31.4 Å². The molecule has 2 N–H and O–H groups in total. The summed E-state index contributed by atoms with van der Waals surface area (Å²) in [7, 11) is 0. The zero-order chi connectivity index (χ0) is 17.9. The summed E-state index contributed by atoms with van der Waals surface area (Å²) in [6.45, 7) is 4.22. The average Bonchev–Trinajstić information content (AvgIpc) is 3.15. The number of rotatable bonds is 6. The van der Waals surface area contributed by atoms with Gasteiger partial charge in [-0.15, -0.1) is 11.3 Å². The molecule has 0 spiro atoms. The molecule has 3 nitrogen and oxygen atoms in total. The van der Waals surface area contributed by atoms with E-state index in [1.807, 2.05) is 48.7 Å². The topological polar surface area (TPSA) is 53.4 Å². The second-order valence-corrected chi connectivity index (χ2v) is 7.49. The standard InChI is InChI=1S/C21H25NO2S/c1-3-4-6-11-16-12-17(23)19(15-9-7-5-8-10-15)20(24)21(16,2)18-13-25-14-22-18/h5,7-10,12-14,20,23-24H,3-4,6,11H2,1-2H3. The lowest BCUT2D eigenvalue weighted by Gasteiger charge is -2.40. The largest absolute Gasteiger partial charge is 0.508 e. The fraction of sp³-hybridized carbons (Fsp3) is 0.381. The van der Waals surface area contributed by atoms with E-state index in [4.69, 9.17) is 0 Å². The summed E-state index contributed by atoms with van der Waals surface area (Å²) in [4.78, 5) is 4.51. The van der Waals surface area contributed by atoms with E-state index >= 15 is 0 Å². The number of allylic oxidation sites excluding steroid dienone is 1. The minimum atomic E-state index is -0.835. The van der Waals surface area contributed by atoms with Gasteiger partial charge in [0, 0.05) is 11.0 Å². The minimum absolute atomic E-state index is 0.165. The number of aliphatic hydroxyl groups excluding tert-OH is 2. The van der Waals surface area contributed by atoms with Crippen molar-refractivity contribution in [2.45, 2.75) is 51.0 Å². The summed E-state index contributed by atoms with van der Waals surface area (Å²) >= 11 is 1.53. The van der Waals surface area contributed by atoms with Crippen LogP contribution in [0.4, 0.5) is 0 Å². The third kappa shape index (κ3) is 3.29. The summed E-state index contributed by atoms with van der Waals surface area (Å²) in [5.41, 5.74) is 4.53. The van der Waals surface area contributed by atoms with Crippen molar-refractivity contribution in [3.63, 3.8) is 0 Å². The fourth-order valence-electron chi connectivity index (χ4n) is 3.59. The molecule has 0 amide bonds. The molecule has 0 saturated heterocycles. The van der Waals surface area contributed by atoms with Crippen LogP contribution in [-0.2, 0) is 5.41 Å². The maximum Gasteiger partial charge on any atom is 0.122 e. The molecule has 132 valence electrons. The molecule has 4 heteroatoms. The molecule has 0 radical (unpaired) electrons. The van der Waals surface area contributed by atoms with Crippen LogP contribution in [0.5, 0.6) is 0 Å². The van der Waals surface area contributed by atoms with Crippen LogP contribution in [0.15, 0.2) is 58.6 Å². The van der Waals surface area contributed by atoms with Crippen molar-refractivity contribution in [1.29, 1.82) is 0 Å². The molecule has 2 atom stereocenters. The maximum absolute atomic E-state index is 11.3. The van der Waals surface area contributed by atoms with Gasteiger partial charge >= 0.3 is 0 Å². The van der Waals surface area contributed by atoms with E-state index in [1.54, 1.807) is 5.51 Å². The quantitative estimate of drug-likeness (QED) is 0.696. The second-order valence-electron chi connectivity index (χ2n) is 6.77. The lowest BCUT2D eigenvalue weighted by Crippen LogP contribution is -2.42. The van der Waals surface area contributed by atoms with E-state index in [-0.39, 0.29) is 5.76 Å². The zero-order valence-electron chi connectivity index (χ0n) is 14.8. The van der Waals surface area contributed by atoms with Gasteiger partial charge in [0.2, 0.25) is 0 Å². The van der Waals surface area contributed by atoms with Crippen molar-refractivity contribution in [3.05, 3.63) is 69.9 Å². The van der Waals surface area contributed by atoms with Crippen LogP contribution in [0.1, 0.15) is 50.8 Å². The molecule has 2 aromatic rings. The lowest BCUT2D eigenvalue weighted by atomic mass is 9.66. The highest BCUT2D eigenvalue weighted by Gasteiger charge is 2.45. The Balaban J connectivity index is 2.09. The van der Waals surface area contributed by atoms with Crippen molar-refractivity contribution in [3.8, 4) is 0 Å². The highest BCUT2D eigenvalue weighted by Crippen LogP contribution is 2.46. The highest BCUT2D eigenvalue weighted by molar-refractivity contribution is 7.07. The van der Waals surface area contributed by atoms with Gasteiger partial charge < -0.3 is 10.2 Å². The van der Waals surface area contributed by atoms with Crippen molar-refractivity contribution < 1.29 is 10.2 Å². The van der Waals surface area contributed by atoms with Crippen LogP contribution >= 0.6 is 11.3 Å². The van der Waals surface area contributed by atoms with E-state index in [2.05, 4.69) is 11.9 Å². The maximum atomic E-state index is 11.3. The monoisotopic (exact) mass is 355 g/mol. The molecule has 1 aliphatic rings. The first kappa shape index (κ1) is 17.9. The number of aromatic nitrogens is 1. The van der Waals surface area contributed by atoms with E-state index < -0.39 is 11.5 Å². The van der Waals surface area contributed by atoms with Gasteiger partial charge in [0.05, 0.1) is 22.7 Å². The number of thiazole rings is 1. The predicted molar refractivity (Wildman–Crippen MR) is 104 cm³/mol. The average molecular weight is 356 g/mol. The van der Waals surface area contributed by atoms with Gasteiger partial charge in [-0.2, -0.15) is 0 Å². The smallest absolute Gasteiger partial charge is 0.122 e. The summed E-state index contributed by atoms with van der Waals surface area (Å²) in [6.07, 6.45) is 5.19. The number of benzene rings is 1. The molecular weight excluding hydrogens is 330 g/mol. The molecule has 1 aromatic carbocycles. The lowest BCUT2D eigenvalue weighted by molar-refractivity contribution is 0.151. The number of aliphatic hydroxyl groups is 2. The SMILES string of the molecule is CCCCCC1=CC(O)=C(c2ccccc2)C(O)C1(C)c1cscn1. The Morgan fingerprint density at radius 3 is 2.60 bits per heavy atom. The molecule has 0 saturated carbocycles. The predicted octanol–water partition coefficient (Wildman–Crippen LogP) is 5.25. The number of unbranched alkanes of at least 4 members (excludes halogenated alkanes) is 2.